The van der Waals surface area contributed by atoms with Gasteiger partial charge >= 0.3 is 0 Å². The third-order valence-corrected chi connectivity index (χ3v) is 10.4. The van der Waals surface area contributed by atoms with E-state index in [1.165, 1.54) is 50.4 Å². The van der Waals surface area contributed by atoms with Gasteiger partial charge < -0.3 is 14.5 Å². The smallest absolute Gasteiger partial charge is 0.0988 e. The van der Waals surface area contributed by atoms with Gasteiger partial charge in [0.05, 0.1) is 17.1 Å². The van der Waals surface area contributed by atoms with Crippen molar-refractivity contribution in [2.45, 2.75) is 39.5 Å². The van der Waals surface area contributed by atoms with Gasteiger partial charge in [-0.2, -0.15) is 5.26 Å². The van der Waals surface area contributed by atoms with Crippen molar-refractivity contribution in [3.05, 3.63) is 149 Å². The molecule has 238 valence electrons. The lowest BCUT2D eigenvalue weighted by molar-refractivity contribution is 0.755. The highest BCUT2D eigenvalue weighted by atomic mass is 15.0. The maximum absolute atomic E-state index is 9.81. The molecule has 0 aliphatic heterocycles. The lowest BCUT2D eigenvalue weighted by atomic mass is 9.82. The molecule has 2 unspecified atom stereocenters. The third-order valence-electron chi connectivity index (χ3n) is 10.4. The van der Waals surface area contributed by atoms with E-state index in [2.05, 4.69) is 157 Å². The fourth-order valence-corrected chi connectivity index (χ4v) is 8.04. The van der Waals surface area contributed by atoms with Gasteiger partial charge in [-0.05, 0) is 114 Å². The number of aromatic nitrogens is 2. The maximum Gasteiger partial charge on any atom is 0.0988 e. The molecule has 4 heteroatoms. The number of nitrogens with one attached hydrogen (secondary N) is 1. The summed E-state index contributed by atoms with van der Waals surface area (Å²) in [6, 6.07) is 35.4. The van der Waals surface area contributed by atoms with Gasteiger partial charge in [0.2, 0.25) is 0 Å². The van der Waals surface area contributed by atoms with Gasteiger partial charge in [-0.25, -0.2) is 0 Å². The molecule has 2 aliphatic carbocycles. The van der Waals surface area contributed by atoms with Gasteiger partial charge in [-0.1, -0.05) is 92.7 Å². The highest BCUT2D eigenvalue weighted by Crippen LogP contribution is 2.43. The summed E-state index contributed by atoms with van der Waals surface area (Å²) in [4.78, 5) is 0. The van der Waals surface area contributed by atoms with E-state index in [0.717, 1.165) is 52.2 Å². The van der Waals surface area contributed by atoms with Crippen LogP contribution in [0.5, 0.6) is 0 Å². The number of allylic oxidation sites excluding steroid dienone is 6. The summed E-state index contributed by atoms with van der Waals surface area (Å²) in [6.45, 7) is 6.75. The zero-order chi connectivity index (χ0) is 33.6. The first-order chi connectivity index (χ1) is 24.0. The highest BCUT2D eigenvalue weighted by Gasteiger charge is 2.26. The topological polar surface area (TPSA) is 57.5 Å². The molecule has 2 aromatic heterocycles. The fraction of sp³-hybridized carbons (Fsp3) is 0.156. The van der Waals surface area contributed by atoms with Crippen LogP contribution in [0.4, 0.5) is 0 Å². The van der Waals surface area contributed by atoms with E-state index >= 15 is 0 Å². The first-order valence-electron chi connectivity index (χ1n) is 17.1. The summed E-state index contributed by atoms with van der Waals surface area (Å²) in [6.07, 6.45) is 15.8. The van der Waals surface area contributed by atoms with Crippen LogP contribution in [0.3, 0.4) is 0 Å². The van der Waals surface area contributed by atoms with Crippen molar-refractivity contribution in [2.75, 3.05) is 0 Å². The summed E-state index contributed by atoms with van der Waals surface area (Å²) in [5, 5.41) is 20.0. The quantitative estimate of drug-likeness (QED) is 0.182. The van der Waals surface area contributed by atoms with Gasteiger partial charge in [0.15, 0.2) is 0 Å². The number of hydrogen-bond donors (Lipinski definition) is 1. The molecule has 0 bridgehead atoms. The highest BCUT2D eigenvalue weighted by molar-refractivity contribution is 6.09. The molecule has 0 radical (unpaired) electrons. The van der Waals surface area contributed by atoms with Crippen molar-refractivity contribution < 1.29 is 0 Å². The van der Waals surface area contributed by atoms with Crippen LogP contribution < -0.4 is 0 Å². The molecular weight excluding hydrogens is 597 g/mol. The van der Waals surface area contributed by atoms with Crippen LogP contribution in [0.2, 0.25) is 0 Å². The first kappa shape index (κ1) is 30.4. The van der Waals surface area contributed by atoms with E-state index in [1.807, 2.05) is 6.08 Å². The van der Waals surface area contributed by atoms with Crippen LogP contribution in [0, 0.1) is 29.6 Å². The molecule has 49 heavy (non-hydrogen) atoms. The monoisotopic (exact) mass is 634 g/mol. The molecule has 4 aromatic carbocycles. The van der Waals surface area contributed by atoms with E-state index in [4.69, 9.17) is 5.41 Å². The molecule has 0 fully saturated rings. The van der Waals surface area contributed by atoms with Gasteiger partial charge in [0.25, 0.3) is 0 Å². The molecule has 2 heterocycles. The minimum absolute atomic E-state index is 0.298. The maximum atomic E-state index is 9.81. The second-order valence-corrected chi connectivity index (χ2v) is 13.4. The lowest BCUT2D eigenvalue weighted by Crippen LogP contribution is -2.06. The summed E-state index contributed by atoms with van der Waals surface area (Å²) in [5.41, 5.74) is 14.8. The number of para-hydroxylation sites is 2. The largest absolute Gasteiger partial charge is 0.314 e. The summed E-state index contributed by atoms with van der Waals surface area (Å²) < 4.78 is 4.81. The number of rotatable bonds is 6. The second-order valence-electron chi connectivity index (χ2n) is 13.4. The fourth-order valence-electron chi connectivity index (χ4n) is 8.04. The summed E-state index contributed by atoms with van der Waals surface area (Å²) in [7, 11) is 0. The average Bonchev–Trinajstić information content (AvgIpc) is 3.62. The van der Waals surface area contributed by atoms with E-state index in [9.17, 15) is 5.26 Å². The molecule has 8 rings (SSSR count). The zero-order valence-electron chi connectivity index (χ0n) is 28.1. The van der Waals surface area contributed by atoms with Crippen LogP contribution in [0.25, 0.3) is 62.0 Å². The lowest BCUT2D eigenvalue weighted by Gasteiger charge is -2.23. The Balaban J connectivity index is 1.46. The predicted octanol–water partition coefficient (Wildman–Crippen LogP) is 11.6. The predicted molar refractivity (Wildman–Crippen MR) is 206 cm³/mol. The average molecular weight is 635 g/mol. The van der Waals surface area contributed by atoms with Gasteiger partial charge in [0.1, 0.15) is 0 Å². The van der Waals surface area contributed by atoms with E-state index in [0.29, 0.717) is 11.8 Å². The molecule has 1 N–H and O–H groups in total. The van der Waals surface area contributed by atoms with Crippen molar-refractivity contribution in [1.29, 1.82) is 10.7 Å². The number of hydrogen-bond acceptors (Lipinski definition) is 2. The molecular formula is C45H38N4. The molecule has 6 aromatic rings. The molecule has 0 spiro atoms. The Morgan fingerprint density at radius 3 is 2.14 bits per heavy atom. The van der Waals surface area contributed by atoms with Gasteiger partial charge in [-0.15, -0.1) is 0 Å². The molecule has 4 nitrogen and oxygen atoms in total. The van der Waals surface area contributed by atoms with Crippen molar-refractivity contribution in [2.24, 2.45) is 5.92 Å². The summed E-state index contributed by atoms with van der Waals surface area (Å²) >= 11 is 0. The molecule has 0 saturated carbocycles. The standard InChI is InChI=1S/C45H38N4/c1-29-21-22-32(28-47)24-41(29)38-14-5-4-13-37(38)33-25-34(48-31(3)36(17-11-23-46)45-30(2)12-10-20-44(45)48)27-35(26-33)49-42-18-8-6-15-39(42)40-16-7-9-19-43(40)49/h4-11,13-20,22-27,29-30,46H,12,21H2,1-3H3/b17-11-,46-23?. The Labute approximate surface area is 287 Å². The minimum Gasteiger partial charge on any atom is -0.314 e. The van der Waals surface area contributed by atoms with Crippen molar-refractivity contribution in [3.8, 4) is 28.6 Å². The number of nitrogens with zero attached hydrogens (tertiary/aromatic N) is 3. The number of nitriles is 1. The van der Waals surface area contributed by atoms with Crippen LogP contribution in [0.15, 0.2) is 121 Å². The van der Waals surface area contributed by atoms with E-state index in [-0.39, 0.29) is 0 Å². The van der Waals surface area contributed by atoms with E-state index < -0.39 is 0 Å². The Morgan fingerprint density at radius 1 is 0.796 bits per heavy atom. The SMILES string of the molecule is Cc1c(/C=C\C=N)c2c(n1-c1cc(-c3ccccc3C3=CC(C#N)=CCC3C)cc(-n3c4ccccc4c4ccccc43)c1)C=CCC2C. The van der Waals surface area contributed by atoms with E-state index in [1.54, 1.807) is 0 Å². The first-order valence-corrected chi connectivity index (χ1v) is 17.1. The van der Waals surface area contributed by atoms with Crippen LogP contribution >= 0.6 is 0 Å². The van der Waals surface area contributed by atoms with Crippen molar-refractivity contribution >= 4 is 45.7 Å². The zero-order valence-corrected chi connectivity index (χ0v) is 28.1. The Morgan fingerprint density at radius 2 is 1.45 bits per heavy atom. The normalized spacial score (nSPS) is 17.3. The Hall–Kier alpha value is -5.92. The second kappa shape index (κ2) is 12.3. The molecule has 0 amide bonds. The van der Waals surface area contributed by atoms with Gasteiger partial charge in [0, 0.05) is 45.3 Å². The molecule has 0 saturated heterocycles. The van der Waals surface area contributed by atoms with Crippen molar-refractivity contribution in [3.63, 3.8) is 0 Å². The third kappa shape index (κ3) is 5.02. The number of benzene rings is 4. The van der Waals surface area contributed by atoms with Gasteiger partial charge in [-0.3, -0.25) is 0 Å². The Bertz CT molecular complexity index is 2410. The number of fused-ring (bicyclic) bond motifs is 4. The molecule has 2 atom stereocenters. The van der Waals surface area contributed by atoms with Crippen LogP contribution in [-0.4, -0.2) is 15.3 Å². The molecule has 2 aliphatic rings. The van der Waals surface area contributed by atoms with Crippen LogP contribution in [-0.2, 0) is 0 Å². The Kier molecular flexibility index (Phi) is 7.62. The minimum atomic E-state index is 0.298. The van der Waals surface area contributed by atoms with Crippen molar-refractivity contribution in [1.82, 2.24) is 9.13 Å². The van der Waals surface area contributed by atoms with Crippen LogP contribution in [0.1, 0.15) is 60.7 Å². The summed E-state index contributed by atoms with van der Waals surface area (Å²) in [5.74, 6) is 0.667.